The molecule has 0 bridgehead atoms. The van der Waals surface area contributed by atoms with Crippen molar-refractivity contribution in [3.63, 3.8) is 0 Å². The summed E-state index contributed by atoms with van der Waals surface area (Å²) in [5.74, 6) is 1.58. The Balaban J connectivity index is 2.95. The van der Waals surface area contributed by atoms with Crippen LogP contribution in [0.5, 0.6) is 11.5 Å². The van der Waals surface area contributed by atoms with Crippen LogP contribution < -0.4 is 9.47 Å². The number of benzene rings is 1. The summed E-state index contributed by atoms with van der Waals surface area (Å²) in [5, 5.41) is 8.91. The van der Waals surface area contributed by atoms with E-state index >= 15 is 0 Å². The maximum atomic E-state index is 8.91. The Morgan fingerprint density at radius 1 is 1.13 bits per heavy atom. The van der Waals surface area contributed by atoms with Gasteiger partial charge in [0.25, 0.3) is 0 Å². The molecule has 23 heavy (non-hydrogen) atoms. The Morgan fingerprint density at radius 3 is 2.48 bits per heavy atom. The summed E-state index contributed by atoms with van der Waals surface area (Å²) in [6.45, 7) is 4.69. The zero-order valence-electron chi connectivity index (χ0n) is 14.6. The quantitative estimate of drug-likeness (QED) is 0.500. The monoisotopic (exact) mass is 324 g/mol. The lowest BCUT2D eigenvalue weighted by Crippen LogP contribution is -2.05. The van der Waals surface area contributed by atoms with Crippen molar-refractivity contribution >= 4 is 0 Å². The number of aryl methyl sites for hydroxylation is 1. The standard InChI is InChI=1S/C18H28O5/c1-14(6-5-9-19)7-8-16-11-17(22-12-20-3)10-15(2)18(16)23-13-21-4/h7,10-11,19H,5-6,8-9,12-13H2,1-4H3/b14-7+. The molecule has 130 valence electrons. The van der Waals surface area contributed by atoms with E-state index in [2.05, 4.69) is 13.0 Å². The molecule has 0 saturated carbocycles. The number of allylic oxidation sites excluding steroid dienone is 2. The normalized spacial score (nSPS) is 11.6. The molecule has 1 rings (SSSR count). The van der Waals surface area contributed by atoms with E-state index in [0.717, 1.165) is 41.9 Å². The second kappa shape index (κ2) is 11.0. The lowest BCUT2D eigenvalue weighted by molar-refractivity contribution is 0.0474. The maximum absolute atomic E-state index is 8.91. The van der Waals surface area contributed by atoms with Crippen LogP contribution in [0.1, 0.15) is 30.9 Å². The zero-order chi connectivity index (χ0) is 17.1. The summed E-state index contributed by atoms with van der Waals surface area (Å²) in [6, 6.07) is 3.89. The molecule has 0 heterocycles. The van der Waals surface area contributed by atoms with Gasteiger partial charge in [-0.05, 0) is 50.8 Å². The third-order valence-corrected chi connectivity index (χ3v) is 3.39. The van der Waals surface area contributed by atoms with E-state index in [-0.39, 0.29) is 20.2 Å². The van der Waals surface area contributed by atoms with Crippen LogP contribution >= 0.6 is 0 Å². The van der Waals surface area contributed by atoms with Crippen molar-refractivity contribution in [2.45, 2.75) is 33.1 Å². The molecule has 0 radical (unpaired) electrons. The number of methoxy groups -OCH3 is 2. The molecule has 0 aliphatic rings. The highest BCUT2D eigenvalue weighted by atomic mass is 16.7. The van der Waals surface area contributed by atoms with Gasteiger partial charge in [-0.3, -0.25) is 0 Å². The first-order valence-electron chi connectivity index (χ1n) is 7.75. The molecule has 1 aromatic carbocycles. The van der Waals surface area contributed by atoms with Crippen molar-refractivity contribution in [2.75, 3.05) is 34.4 Å². The lowest BCUT2D eigenvalue weighted by Gasteiger charge is -2.15. The van der Waals surface area contributed by atoms with Gasteiger partial charge in [-0.2, -0.15) is 0 Å². The molecule has 5 nitrogen and oxygen atoms in total. The molecule has 0 amide bonds. The van der Waals surface area contributed by atoms with E-state index in [0.29, 0.717) is 0 Å². The van der Waals surface area contributed by atoms with Crippen LogP contribution in [0.15, 0.2) is 23.8 Å². The van der Waals surface area contributed by atoms with Crippen LogP contribution in [0.25, 0.3) is 0 Å². The van der Waals surface area contributed by atoms with Crippen LogP contribution in [0.3, 0.4) is 0 Å². The average molecular weight is 324 g/mol. The first kappa shape index (κ1) is 19.5. The first-order valence-corrected chi connectivity index (χ1v) is 7.75. The van der Waals surface area contributed by atoms with Gasteiger partial charge in [0.15, 0.2) is 13.6 Å². The summed E-state index contributed by atoms with van der Waals surface area (Å²) in [7, 11) is 3.20. The lowest BCUT2D eigenvalue weighted by atomic mass is 10.0. The summed E-state index contributed by atoms with van der Waals surface area (Å²) >= 11 is 0. The Kier molecular flexibility index (Phi) is 9.36. The van der Waals surface area contributed by atoms with Gasteiger partial charge in [0.05, 0.1) is 0 Å². The van der Waals surface area contributed by atoms with Gasteiger partial charge in [-0.15, -0.1) is 0 Å². The molecule has 0 aliphatic carbocycles. The highest BCUT2D eigenvalue weighted by molar-refractivity contribution is 5.47. The average Bonchev–Trinajstić information content (AvgIpc) is 2.55. The molecular formula is C18H28O5. The van der Waals surface area contributed by atoms with Crippen molar-refractivity contribution in [3.8, 4) is 11.5 Å². The number of rotatable bonds is 11. The van der Waals surface area contributed by atoms with E-state index < -0.39 is 0 Å². The second-order valence-electron chi connectivity index (χ2n) is 5.41. The summed E-state index contributed by atoms with van der Waals surface area (Å²) < 4.78 is 21.2. The Bertz CT molecular complexity index is 496. The van der Waals surface area contributed by atoms with Gasteiger partial charge in [-0.25, -0.2) is 0 Å². The van der Waals surface area contributed by atoms with E-state index in [9.17, 15) is 0 Å². The minimum absolute atomic E-state index is 0.208. The Hall–Kier alpha value is -1.56. The van der Waals surface area contributed by atoms with Crippen molar-refractivity contribution < 1.29 is 24.1 Å². The Labute approximate surface area is 138 Å². The summed E-state index contributed by atoms with van der Waals surface area (Å²) in [4.78, 5) is 0. The third kappa shape index (κ3) is 7.03. The largest absolute Gasteiger partial charge is 0.468 e. The van der Waals surface area contributed by atoms with Crippen molar-refractivity contribution in [1.29, 1.82) is 0 Å². The van der Waals surface area contributed by atoms with E-state index in [1.807, 2.05) is 19.1 Å². The van der Waals surface area contributed by atoms with Gasteiger partial charge in [0.2, 0.25) is 0 Å². The zero-order valence-corrected chi connectivity index (χ0v) is 14.6. The number of aliphatic hydroxyl groups excluding tert-OH is 1. The molecule has 5 heteroatoms. The molecule has 0 aromatic heterocycles. The molecule has 0 spiro atoms. The van der Waals surface area contributed by atoms with Gasteiger partial charge in [0.1, 0.15) is 11.5 Å². The van der Waals surface area contributed by atoms with Crippen molar-refractivity contribution in [2.24, 2.45) is 0 Å². The fourth-order valence-corrected chi connectivity index (χ4v) is 2.24. The fraction of sp³-hybridized carbons (Fsp3) is 0.556. The number of ether oxygens (including phenoxy) is 4. The van der Waals surface area contributed by atoms with Crippen LogP contribution in [0, 0.1) is 6.92 Å². The van der Waals surface area contributed by atoms with Crippen LogP contribution in [-0.2, 0) is 15.9 Å². The number of hydrogen-bond acceptors (Lipinski definition) is 5. The van der Waals surface area contributed by atoms with E-state index in [1.54, 1.807) is 14.2 Å². The molecule has 0 aliphatic heterocycles. The molecule has 0 saturated heterocycles. The van der Waals surface area contributed by atoms with Gasteiger partial charge >= 0.3 is 0 Å². The van der Waals surface area contributed by atoms with Crippen molar-refractivity contribution in [1.82, 2.24) is 0 Å². The van der Waals surface area contributed by atoms with Crippen LogP contribution in [0.4, 0.5) is 0 Å². The number of hydrogen-bond donors (Lipinski definition) is 1. The third-order valence-electron chi connectivity index (χ3n) is 3.39. The summed E-state index contributed by atoms with van der Waals surface area (Å²) in [5.41, 5.74) is 3.28. The molecular weight excluding hydrogens is 296 g/mol. The molecule has 1 aromatic rings. The topological polar surface area (TPSA) is 57.2 Å². The molecule has 1 N–H and O–H groups in total. The van der Waals surface area contributed by atoms with Gasteiger partial charge in [-0.1, -0.05) is 11.6 Å². The number of aliphatic hydroxyl groups is 1. The Morgan fingerprint density at radius 2 is 1.83 bits per heavy atom. The smallest absolute Gasteiger partial charge is 0.188 e. The highest BCUT2D eigenvalue weighted by Gasteiger charge is 2.10. The first-order chi connectivity index (χ1) is 11.1. The fourth-order valence-electron chi connectivity index (χ4n) is 2.24. The molecule has 0 atom stereocenters. The molecule has 0 fully saturated rings. The minimum Gasteiger partial charge on any atom is -0.468 e. The van der Waals surface area contributed by atoms with Gasteiger partial charge < -0.3 is 24.1 Å². The SMILES string of the molecule is COCOc1cc(C)c(OCOC)c(C/C=C(\C)CCCO)c1. The second-order valence-corrected chi connectivity index (χ2v) is 5.41. The van der Waals surface area contributed by atoms with Crippen molar-refractivity contribution in [3.05, 3.63) is 34.9 Å². The van der Waals surface area contributed by atoms with Crippen LogP contribution in [0.2, 0.25) is 0 Å². The van der Waals surface area contributed by atoms with Crippen LogP contribution in [-0.4, -0.2) is 39.5 Å². The summed E-state index contributed by atoms with van der Waals surface area (Å²) in [6.07, 6.45) is 4.57. The van der Waals surface area contributed by atoms with E-state index in [4.69, 9.17) is 24.1 Å². The minimum atomic E-state index is 0.208. The maximum Gasteiger partial charge on any atom is 0.188 e. The van der Waals surface area contributed by atoms with E-state index in [1.165, 1.54) is 5.57 Å². The highest BCUT2D eigenvalue weighted by Crippen LogP contribution is 2.30. The predicted octanol–water partition coefficient (Wildman–Crippen LogP) is 3.22. The van der Waals surface area contributed by atoms with Gasteiger partial charge in [0, 0.05) is 26.4 Å². The predicted molar refractivity (Wildman–Crippen MR) is 90.0 cm³/mol. The molecule has 0 unspecified atom stereocenters.